The summed E-state index contributed by atoms with van der Waals surface area (Å²) in [6.45, 7) is 1.23. The fraction of sp³-hybridized carbons (Fsp3) is 0.286. The molecule has 0 aliphatic heterocycles. The number of nitrogens with one attached hydrogen (secondary N) is 1. The first kappa shape index (κ1) is 16.2. The van der Waals surface area contributed by atoms with Crippen molar-refractivity contribution in [2.24, 2.45) is 5.73 Å². The van der Waals surface area contributed by atoms with Gasteiger partial charge in [0.1, 0.15) is 5.69 Å². The minimum absolute atomic E-state index is 0. The van der Waals surface area contributed by atoms with Crippen LogP contribution in [0.15, 0.2) is 40.9 Å². The predicted octanol–water partition coefficient (Wildman–Crippen LogP) is 2.23. The molecule has 1 aromatic heterocycles. The number of nitrogens with zero attached hydrogens (tertiary/aromatic N) is 1. The zero-order valence-corrected chi connectivity index (χ0v) is 11.9. The molecule has 0 unspecified atom stereocenters. The van der Waals surface area contributed by atoms with Crippen LogP contribution in [0.25, 0.3) is 11.3 Å². The molecule has 0 spiro atoms. The smallest absolute Gasteiger partial charge is 0.289 e. The van der Waals surface area contributed by atoms with Crippen LogP contribution in [-0.4, -0.2) is 24.2 Å². The lowest BCUT2D eigenvalue weighted by atomic mass is 10.1. The second-order valence-electron chi connectivity index (χ2n) is 4.19. The summed E-state index contributed by atoms with van der Waals surface area (Å²) in [4.78, 5) is 11.8. The Balaban J connectivity index is 0.00000200. The van der Waals surface area contributed by atoms with E-state index in [0.29, 0.717) is 18.8 Å². The molecule has 0 radical (unpaired) electrons. The lowest BCUT2D eigenvalue weighted by Gasteiger charge is -2.00. The Kier molecular flexibility index (Phi) is 6.76. The third-order valence-electron chi connectivity index (χ3n) is 2.72. The van der Waals surface area contributed by atoms with Crippen LogP contribution in [0.2, 0.25) is 0 Å². The number of halogens is 1. The molecule has 6 heteroatoms. The molecule has 2 aromatic rings. The van der Waals surface area contributed by atoms with Crippen molar-refractivity contribution >= 4 is 18.3 Å². The number of nitrogens with two attached hydrogens (primary N) is 1. The molecule has 0 bridgehead atoms. The topological polar surface area (TPSA) is 81.1 Å². The van der Waals surface area contributed by atoms with Crippen molar-refractivity contribution in [3.05, 3.63) is 42.2 Å². The van der Waals surface area contributed by atoms with Gasteiger partial charge in [0.05, 0.1) is 0 Å². The third-order valence-corrected chi connectivity index (χ3v) is 2.72. The lowest BCUT2D eigenvalue weighted by Crippen LogP contribution is -2.24. The number of carbonyl (C=O) groups is 1. The fourth-order valence-corrected chi connectivity index (χ4v) is 1.69. The van der Waals surface area contributed by atoms with Crippen LogP contribution < -0.4 is 11.1 Å². The summed E-state index contributed by atoms with van der Waals surface area (Å²) in [5.41, 5.74) is 6.97. The predicted molar refractivity (Wildman–Crippen MR) is 79.8 cm³/mol. The third kappa shape index (κ3) is 4.36. The van der Waals surface area contributed by atoms with Crippen molar-refractivity contribution in [3.63, 3.8) is 0 Å². The quantitative estimate of drug-likeness (QED) is 0.801. The van der Waals surface area contributed by atoms with Gasteiger partial charge in [-0.25, -0.2) is 0 Å². The monoisotopic (exact) mass is 295 g/mol. The summed E-state index contributed by atoms with van der Waals surface area (Å²) in [6.07, 6.45) is 1.76. The van der Waals surface area contributed by atoms with E-state index in [1.54, 1.807) is 6.07 Å². The molecule has 2 rings (SSSR count). The molecule has 1 heterocycles. The highest BCUT2D eigenvalue weighted by Gasteiger charge is 2.13. The molecule has 0 atom stereocenters. The van der Waals surface area contributed by atoms with Gasteiger partial charge in [0.15, 0.2) is 0 Å². The minimum Gasteiger partial charge on any atom is -0.350 e. The first-order chi connectivity index (χ1) is 9.31. The molecule has 108 valence electrons. The van der Waals surface area contributed by atoms with E-state index in [9.17, 15) is 4.79 Å². The summed E-state index contributed by atoms with van der Waals surface area (Å²) in [6, 6.07) is 11.2. The van der Waals surface area contributed by atoms with E-state index in [4.69, 9.17) is 10.3 Å². The highest BCUT2D eigenvalue weighted by molar-refractivity contribution is 5.92. The maximum absolute atomic E-state index is 11.8. The summed E-state index contributed by atoms with van der Waals surface area (Å²) in [5, 5.41) is 6.67. The number of hydrogen-bond acceptors (Lipinski definition) is 4. The van der Waals surface area contributed by atoms with Crippen LogP contribution in [-0.2, 0) is 0 Å². The molecule has 0 saturated carbocycles. The van der Waals surface area contributed by atoms with Crippen LogP contribution in [0.1, 0.15) is 23.4 Å². The Bertz CT molecular complexity index is 528. The van der Waals surface area contributed by atoms with Gasteiger partial charge in [-0.2, -0.15) is 0 Å². The van der Waals surface area contributed by atoms with Crippen LogP contribution in [0.3, 0.4) is 0 Å². The van der Waals surface area contributed by atoms with Crippen LogP contribution in [0.4, 0.5) is 0 Å². The van der Waals surface area contributed by atoms with Gasteiger partial charge in [-0.1, -0.05) is 35.5 Å². The van der Waals surface area contributed by atoms with Crippen molar-refractivity contribution in [1.82, 2.24) is 10.5 Å². The van der Waals surface area contributed by atoms with E-state index in [2.05, 4.69) is 10.5 Å². The number of amides is 1. The van der Waals surface area contributed by atoms with Gasteiger partial charge >= 0.3 is 0 Å². The summed E-state index contributed by atoms with van der Waals surface area (Å²) < 4.78 is 5.05. The Hall–Kier alpha value is -1.85. The van der Waals surface area contributed by atoms with E-state index in [0.717, 1.165) is 18.4 Å². The SMILES string of the molecule is Cl.NCCCCNC(=O)c1cc(-c2ccccc2)no1. The molecule has 20 heavy (non-hydrogen) atoms. The molecule has 0 fully saturated rings. The van der Waals surface area contributed by atoms with E-state index in [1.807, 2.05) is 30.3 Å². The first-order valence-corrected chi connectivity index (χ1v) is 6.31. The number of benzene rings is 1. The van der Waals surface area contributed by atoms with E-state index in [1.165, 1.54) is 0 Å². The summed E-state index contributed by atoms with van der Waals surface area (Å²) in [7, 11) is 0. The Morgan fingerprint density at radius 3 is 2.70 bits per heavy atom. The van der Waals surface area contributed by atoms with Crippen molar-refractivity contribution in [1.29, 1.82) is 0 Å². The Labute approximate surface area is 123 Å². The van der Waals surface area contributed by atoms with Gasteiger partial charge in [-0.15, -0.1) is 12.4 Å². The first-order valence-electron chi connectivity index (χ1n) is 6.31. The largest absolute Gasteiger partial charge is 0.350 e. The van der Waals surface area contributed by atoms with Gasteiger partial charge < -0.3 is 15.6 Å². The molecular weight excluding hydrogens is 278 g/mol. The second-order valence-corrected chi connectivity index (χ2v) is 4.19. The zero-order valence-electron chi connectivity index (χ0n) is 11.0. The molecular formula is C14H18ClN3O2. The van der Waals surface area contributed by atoms with Crippen molar-refractivity contribution in [2.75, 3.05) is 13.1 Å². The minimum atomic E-state index is -0.244. The van der Waals surface area contributed by atoms with Crippen LogP contribution >= 0.6 is 12.4 Å². The normalized spacial score (nSPS) is 9.85. The average Bonchev–Trinajstić information content (AvgIpc) is 2.94. The standard InChI is InChI=1S/C14H17N3O2.ClH/c15-8-4-5-9-16-14(18)13-10-12(17-19-13)11-6-2-1-3-7-11;/h1-3,6-7,10H,4-5,8-9,15H2,(H,16,18);1H. The van der Waals surface area contributed by atoms with Gasteiger partial charge in [-0.05, 0) is 19.4 Å². The maximum atomic E-state index is 11.8. The molecule has 0 aliphatic carbocycles. The van der Waals surface area contributed by atoms with Crippen molar-refractivity contribution < 1.29 is 9.32 Å². The fourth-order valence-electron chi connectivity index (χ4n) is 1.69. The molecule has 5 nitrogen and oxygen atoms in total. The van der Waals surface area contributed by atoms with Crippen molar-refractivity contribution in [3.8, 4) is 11.3 Å². The van der Waals surface area contributed by atoms with E-state index in [-0.39, 0.29) is 24.1 Å². The summed E-state index contributed by atoms with van der Waals surface area (Å²) in [5.74, 6) is -0.0155. The molecule has 0 saturated heterocycles. The number of hydrogen-bond donors (Lipinski definition) is 2. The highest BCUT2D eigenvalue weighted by Crippen LogP contribution is 2.18. The molecule has 1 aromatic carbocycles. The van der Waals surface area contributed by atoms with Crippen molar-refractivity contribution in [2.45, 2.75) is 12.8 Å². The lowest BCUT2D eigenvalue weighted by molar-refractivity contribution is 0.0916. The van der Waals surface area contributed by atoms with Gasteiger partial charge in [-0.3, -0.25) is 4.79 Å². The van der Waals surface area contributed by atoms with Gasteiger partial charge in [0.2, 0.25) is 5.76 Å². The number of aromatic nitrogens is 1. The second kappa shape index (κ2) is 8.35. The maximum Gasteiger partial charge on any atom is 0.289 e. The number of rotatable bonds is 6. The average molecular weight is 296 g/mol. The van der Waals surface area contributed by atoms with Gasteiger partial charge in [0, 0.05) is 18.2 Å². The van der Waals surface area contributed by atoms with E-state index >= 15 is 0 Å². The summed E-state index contributed by atoms with van der Waals surface area (Å²) >= 11 is 0. The number of carbonyl (C=O) groups excluding carboxylic acids is 1. The molecule has 0 aliphatic rings. The number of unbranched alkanes of at least 4 members (excludes halogenated alkanes) is 1. The van der Waals surface area contributed by atoms with E-state index < -0.39 is 0 Å². The Morgan fingerprint density at radius 1 is 1.25 bits per heavy atom. The van der Waals surface area contributed by atoms with Crippen LogP contribution in [0, 0.1) is 0 Å². The van der Waals surface area contributed by atoms with Gasteiger partial charge in [0.25, 0.3) is 5.91 Å². The zero-order chi connectivity index (χ0) is 13.5. The molecule has 3 N–H and O–H groups in total. The van der Waals surface area contributed by atoms with Crippen LogP contribution in [0.5, 0.6) is 0 Å². The highest BCUT2D eigenvalue weighted by atomic mass is 35.5. The Morgan fingerprint density at radius 2 is 2.00 bits per heavy atom. The molecule has 1 amide bonds.